The van der Waals surface area contributed by atoms with Gasteiger partial charge in [-0.15, -0.1) is 0 Å². The van der Waals surface area contributed by atoms with Crippen molar-refractivity contribution in [2.75, 3.05) is 26.2 Å². The zero-order valence-corrected chi connectivity index (χ0v) is 13.3. The molecule has 1 saturated carbocycles. The van der Waals surface area contributed by atoms with Crippen LogP contribution in [0.4, 0.5) is 0 Å². The Morgan fingerprint density at radius 2 is 2.05 bits per heavy atom. The van der Waals surface area contributed by atoms with Crippen LogP contribution in [0.5, 0.6) is 0 Å². The first-order valence-corrected chi connectivity index (χ1v) is 8.23. The number of nitrogens with one attached hydrogen (secondary N) is 1. The standard InChI is InChI=1S/C16H28N2O3/c1-12(2)9-18-10-14(21-11-15(18)19)8-17-16(20)13-6-4-3-5-7-13/h12-14H,3-11H2,1-2H3,(H,17,20). The van der Waals surface area contributed by atoms with Crippen LogP contribution < -0.4 is 5.32 Å². The van der Waals surface area contributed by atoms with Gasteiger partial charge in [-0.3, -0.25) is 9.59 Å². The summed E-state index contributed by atoms with van der Waals surface area (Å²) in [5.41, 5.74) is 0. The molecule has 5 nitrogen and oxygen atoms in total. The fourth-order valence-corrected chi connectivity index (χ4v) is 3.14. The average molecular weight is 296 g/mol. The van der Waals surface area contributed by atoms with E-state index in [0.717, 1.165) is 32.2 Å². The molecule has 1 aliphatic carbocycles. The highest BCUT2D eigenvalue weighted by Gasteiger charge is 2.28. The van der Waals surface area contributed by atoms with E-state index in [0.29, 0.717) is 19.0 Å². The number of rotatable bonds is 5. The molecule has 21 heavy (non-hydrogen) atoms. The molecule has 0 aromatic heterocycles. The summed E-state index contributed by atoms with van der Waals surface area (Å²) >= 11 is 0. The third-order valence-corrected chi connectivity index (χ3v) is 4.28. The van der Waals surface area contributed by atoms with Gasteiger partial charge in [0.1, 0.15) is 6.61 Å². The predicted molar refractivity (Wildman–Crippen MR) is 80.7 cm³/mol. The van der Waals surface area contributed by atoms with Crippen LogP contribution in [0.3, 0.4) is 0 Å². The number of carbonyl (C=O) groups excluding carboxylic acids is 2. The summed E-state index contributed by atoms with van der Waals surface area (Å²) in [6.45, 7) is 6.19. The zero-order valence-electron chi connectivity index (χ0n) is 13.3. The molecule has 0 aromatic carbocycles. The van der Waals surface area contributed by atoms with Crippen LogP contribution in [-0.4, -0.2) is 49.1 Å². The van der Waals surface area contributed by atoms with Gasteiger partial charge in [0.25, 0.3) is 0 Å². The van der Waals surface area contributed by atoms with E-state index in [9.17, 15) is 9.59 Å². The number of morpholine rings is 1. The van der Waals surface area contributed by atoms with Crippen LogP contribution in [0, 0.1) is 11.8 Å². The van der Waals surface area contributed by atoms with E-state index in [1.807, 2.05) is 4.90 Å². The lowest BCUT2D eigenvalue weighted by Crippen LogP contribution is -2.51. The number of ether oxygens (including phenoxy) is 1. The average Bonchev–Trinajstić information content (AvgIpc) is 2.48. The maximum Gasteiger partial charge on any atom is 0.248 e. The fourth-order valence-electron chi connectivity index (χ4n) is 3.14. The van der Waals surface area contributed by atoms with Gasteiger partial charge < -0.3 is 15.0 Å². The van der Waals surface area contributed by atoms with Gasteiger partial charge in [-0.2, -0.15) is 0 Å². The smallest absolute Gasteiger partial charge is 0.248 e. The minimum Gasteiger partial charge on any atom is -0.365 e. The first kappa shape index (κ1) is 16.3. The normalized spacial score (nSPS) is 24.4. The van der Waals surface area contributed by atoms with Gasteiger partial charge in [-0.25, -0.2) is 0 Å². The van der Waals surface area contributed by atoms with E-state index in [-0.39, 0.29) is 30.4 Å². The molecule has 1 N–H and O–H groups in total. The maximum atomic E-state index is 12.1. The lowest BCUT2D eigenvalue weighted by molar-refractivity contribution is -0.149. The van der Waals surface area contributed by atoms with Gasteiger partial charge in [0.2, 0.25) is 11.8 Å². The van der Waals surface area contributed by atoms with Crippen molar-refractivity contribution in [1.82, 2.24) is 10.2 Å². The molecule has 1 atom stereocenters. The second kappa shape index (κ2) is 7.78. The fraction of sp³-hybridized carbons (Fsp3) is 0.875. The lowest BCUT2D eigenvalue weighted by Gasteiger charge is -2.34. The van der Waals surface area contributed by atoms with Crippen molar-refractivity contribution in [2.45, 2.75) is 52.1 Å². The molecule has 2 aliphatic rings. The quantitative estimate of drug-likeness (QED) is 0.837. The lowest BCUT2D eigenvalue weighted by atomic mass is 9.88. The van der Waals surface area contributed by atoms with Crippen LogP contribution in [0.2, 0.25) is 0 Å². The molecule has 0 radical (unpaired) electrons. The summed E-state index contributed by atoms with van der Waals surface area (Å²) in [7, 11) is 0. The summed E-state index contributed by atoms with van der Waals surface area (Å²) in [5, 5.41) is 3.01. The van der Waals surface area contributed by atoms with E-state index in [1.54, 1.807) is 0 Å². The molecule has 120 valence electrons. The Hall–Kier alpha value is -1.10. The Morgan fingerprint density at radius 1 is 1.33 bits per heavy atom. The van der Waals surface area contributed by atoms with Crippen molar-refractivity contribution in [3.8, 4) is 0 Å². The Balaban J connectivity index is 1.74. The van der Waals surface area contributed by atoms with Crippen molar-refractivity contribution >= 4 is 11.8 Å². The summed E-state index contributed by atoms with van der Waals surface area (Å²) in [5.74, 6) is 0.837. The third-order valence-electron chi connectivity index (χ3n) is 4.28. The second-order valence-corrected chi connectivity index (χ2v) is 6.71. The summed E-state index contributed by atoms with van der Waals surface area (Å²) in [4.78, 5) is 25.7. The van der Waals surface area contributed by atoms with Gasteiger partial charge in [0.15, 0.2) is 0 Å². The molecule has 1 unspecified atom stereocenters. The van der Waals surface area contributed by atoms with Crippen molar-refractivity contribution in [3.05, 3.63) is 0 Å². The molecule has 1 heterocycles. The minimum atomic E-state index is -0.0750. The molecule has 2 fully saturated rings. The first-order valence-electron chi connectivity index (χ1n) is 8.23. The predicted octanol–water partition coefficient (Wildman–Crippen LogP) is 1.57. The van der Waals surface area contributed by atoms with Crippen molar-refractivity contribution < 1.29 is 14.3 Å². The number of carbonyl (C=O) groups is 2. The first-order chi connectivity index (χ1) is 10.1. The monoisotopic (exact) mass is 296 g/mol. The Kier molecular flexibility index (Phi) is 6.03. The molecule has 1 aliphatic heterocycles. The number of nitrogens with zero attached hydrogens (tertiary/aromatic N) is 1. The molecular weight excluding hydrogens is 268 g/mol. The Bertz CT molecular complexity index is 365. The van der Waals surface area contributed by atoms with Crippen molar-refractivity contribution in [1.29, 1.82) is 0 Å². The molecule has 1 saturated heterocycles. The zero-order chi connectivity index (χ0) is 15.2. The molecule has 2 amide bonds. The van der Waals surface area contributed by atoms with Gasteiger partial charge >= 0.3 is 0 Å². The highest BCUT2D eigenvalue weighted by Crippen LogP contribution is 2.23. The van der Waals surface area contributed by atoms with E-state index >= 15 is 0 Å². The third kappa shape index (κ3) is 4.99. The van der Waals surface area contributed by atoms with Crippen LogP contribution in [-0.2, 0) is 14.3 Å². The molecule has 0 aromatic rings. The summed E-state index contributed by atoms with van der Waals surface area (Å²) in [6, 6.07) is 0. The van der Waals surface area contributed by atoms with Gasteiger partial charge in [-0.05, 0) is 18.8 Å². The topological polar surface area (TPSA) is 58.6 Å². The van der Waals surface area contributed by atoms with E-state index in [2.05, 4.69) is 19.2 Å². The maximum absolute atomic E-state index is 12.1. The van der Waals surface area contributed by atoms with Crippen LogP contribution in [0.15, 0.2) is 0 Å². The van der Waals surface area contributed by atoms with Crippen molar-refractivity contribution in [2.24, 2.45) is 11.8 Å². The van der Waals surface area contributed by atoms with Crippen LogP contribution in [0.1, 0.15) is 46.0 Å². The van der Waals surface area contributed by atoms with E-state index in [4.69, 9.17) is 4.74 Å². The van der Waals surface area contributed by atoms with Crippen molar-refractivity contribution in [3.63, 3.8) is 0 Å². The molecule has 0 bridgehead atoms. The van der Waals surface area contributed by atoms with E-state index < -0.39 is 0 Å². The molecule has 5 heteroatoms. The molecule has 2 rings (SSSR count). The number of hydrogen-bond acceptors (Lipinski definition) is 3. The minimum absolute atomic E-state index is 0.0542. The van der Waals surface area contributed by atoms with Gasteiger partial charge in [-0.1, -0.05) is 33.1 Å². The highest BCUT2D eigenvalue weighted by molar-refractivity contribution is 5.79. The van der Waals surface area contributed by atoms with Gasteiger partial charge in [0.05, 0.1) is 6.10 Å². The second-order valence-electron chi connectivity index (χ2n) is 6.71. The highest BCUT2D eigenvalue weighted by atomic mass is 16.5. The van der Waals surface area contributed by atoms with E-state index in [1.165, 1.54) is 6.42 Å². The van der Waals surface area contributed by atoms with Crippen LogP contribution in [0.25, 0.3) is 0 Å². The van der Waals surface area contributed by atoms with Gasteiger partial charge in [0, 0.05) is 25.6 Å². The molecule has 0 spiro atoms. The van der Waals surface area contributed by atoms with Crippen LogP contribution >= 0.6 is 0 Å². The number of amides is 2. The summed E-state index contributed by atoms with van der Waals surface area (Å²) < 4.78 is 5.53. The Labute approximate surface area is 127 Å². The largest absolute Gasteiger partial charge is 0.365 e. The number of hydrogen-bond donors (Lipinski definition) is 1. The SMILES string of the molecule is CC(C)CN1CC(CNC(=O)C2CCCCC2)OCC1=O. The Morgan fingerprint density at radius 3 is 2.71 bits per heavy atom. The summed E-state index contributed by atoms with van der Waals surface area (Å²) in [6.07, 6.45) is 5.52. The molecular formula is C16H28N2O3.